The molecule has 2 rings (SSSR count). The van der Waals surface area contributed by atoms with E-state index in [4.69, 9.17) is 0 Å². The van der Waals surface area contributed by atoms with Gasteiger partial charge in [0.1, 0.15) is 0 Å². The van der Waals surface area contributed by atoms with Crippen molar-refractivity contribution in [2.45, 2.75) is 18.9 Å². The molecule has 1 N–H and O–H groups in total. The van der Waals surface area contributed by atoms with Crippen LogP contribution in [0, 0.1) is 10.1 Å². The summed E-state index contributed by atoms with van der Waals surface area (Å²) in [5.74, 6) is -0.539. The van der Waals surface area contributed by atoms with Crippen molar-refractivity contribution in [3.63, 3.8) is 0 Å². The Kier molecular flexibility index (Phi) is 6.67. The number of hydrogen-bond acceptors (Lipinski definition) is 6. The third kappa shape index (κ3) is 6.17. The van der Waals surface area contributed by atoms with Gasteiger partial charge in [0.05, 0.1) is 16.4 Å². The van der Waals surface area contributed by atoms with Gasteiger partial charge in [0, 0.05) is 44.3 Å². The summed E-state index contributed by atoms with van der Waals surface area (Å²) in [6.45, 7) is 0.131. The number of nitro benzene ring substituents is 1. The van der Waals surface area contributed by atoms with E-state index in [9.17, 15) is 28.1 Å². The molecule has 1 fully saturated rings. The van der Waals surface area contributed by atoms with E-state index in [1.807, 2.05) is 0 Å². The van der Waals surface area contributed by atoms with E-state index in [0.717, 1.165) is 0 Å². The number of nitrogens with zero attached hydrogens (tertiary/aromatic N) is 2. The van der Waals surface area contributed by atoms with Gasteiger partial charge in [-0.1, -0.05) is 0 Å². The molecular weight excluding hydrogens is 374 g/mol. The quantitative estimate of drug-likeness (QED) is 0.413. The van der Waals surface area contributed by atoms with Gasteiger partial charge in [-0.15, -0.1) is 0 Å². The summed E-state index contributed by atoms with van der Waals surface area (Å²) >= 11 is 0. The Bertz CT molecular complexity index is 848. The number of hydrogen-bond donors (Lipinski definition) is 1. The standard InChI is InChI=1S/C17H21N3O6S/c1-19(15-9-11-27(25,26)12-15)17(22)8-10-18-16(21)7-4-13-2-5-14(6-3-13)20(23)24/h2-7,15H,8-12H2,1H3,(H,18,21)/b7-4+. The van der Waals surface area contributed by atoms with E-state index in [1.54, 1.807) is 7.05 Å². The van der Waals surface area contributed by atoms with Gasteiger partial charge in [0.2, 0.25) is 11.8 Å². The molecule has 0 saturated carbocycles. The van der Waals surface area contributed by atoms with Crippen LogP contribution in [-0.2, 0) is 19.4 Å². The van der Waals surface area contributed by atoms with Crippen molar-refractivity contribution in [3.8, 4) is 0 Å². The van der Waals surface area contributed by atoms with E-state index in [-0.39, 0.29) is 42.1 Å². The lowest BCUT2D eigenvalue weighted by Crippen LogP contribution is -2.39. The fraction of sp³-hybridized carbons (Fsp3) is 0.412. The van der Waals surface area contributed by atoms with Gasteiger partial charge >= 0.3 is 0 Å². The SMILES string of the molecule is CN(C(=O)CCNC(=O)/C=C/c1ccc([N+](=O)[O-])cc1)C1CCS(=O)(=O)C1. The molecule has 1 atom stereocenters. The number of rotatable bonds is 7. The summed E-state index contributed by atoms with van der Waals surface area (Å²) in [4.78, 5) is 35.4. The minimum atomic E-state index is -3.06. The lowest BCUT2D eigenvalue weighted by molar-refractivity contribution is -0.384. The molecular formula is C17H21N3O6S. The van der Waals surface area contributed by atoms with Crippen LogP contribution in [0.3, 0.4) is 0 Å². The van der Waals surface area contributed by atoms with Gasteiger partial charge in [-0.25, -0.2) is 8.42 Å². The maximum absolute atomic E-state index is 12.1. The minimum absolute atomic E-state index is 0.0143. The Balaban J connectivity index is 1.75. The second-order valence-corrected chi connectivity index (χ2v) is 8.51. The number of amides is 2. The molecule has 0 radical (unpaired) electrons. The molecule has 9 nitrogen and oxygen atoms in total. The van der Waals surface area contributed by atoms with Crippen LogP contribution < -0.4 is 5.32 Å². The number of carbonyl (C=O) groups excluding carboxylic acids is 2. The van der Waals surface area contributed by atoms with Crippen LogP contribution in [-0.4, -0.2) is 61.2 Å². The average molecular weight is 395 g/mol. The molecule has 0 aromatic heterocycles. The van der Waals surface area contributed by atoms with Crippen LogP contribution in [0.5, 0.6) is 0 Å². The fourth-order valence-corrected chi connectivity index (χ4v) is 4.47. The van der Waals surface area contributed by atoms with Crippen molar-refractivity contribution in [1.82, 2.24) is 10.2 Å². The highest BCUT2D eigenvalue weighted by molar-refractivity contribution is 7.91. The van der Waals surface area contributed by atoms with Gasteiger partial charge in [-0.3, -0.25) is 19.7 Å². The highest BCUT2D eigenvalue weighted by Gasteiger charge is 2.32. The third-order valence-electron chi connectivity index (χ3n) is 4.32. The normalized spacial score (nSPS) is 18.3. The lowest BCUT2D eigenvalue weighted by atomic mass is 10.2. The lowest BCUT2D eigenvalue weighted by Gasteiger charge is -2.23. The molecule has 1 heterocycles. The van der Waals surface area contributed by atoms with Crippen molar-refractivity contribution < 1.29 is 22.9 Å². The molecule has 1 aliphatic heterocycles. The van der Waals surface area contributed by atoms with E-state index in [2.05, 4.69) is 5.32 Å². The molecule has 0 aliphatic carbocycles. The second-order valence-electron chi connectivity index (χ2n) is 6.28. The highest BCUT2D eigenvalue weighted by Crippen LogP contribution is 2.17. The van der Waals surface area contributed by atoms with Crippen LogP contribution in [0.25, 0.3) is 6.08 Å². The number of sulfone groups is 1. The first-order valence-electron chi connectivity index (χ1n) is 8.34. The van der Waals surface area contributed by atoms with Crippen LogP contribution in [0.1, 0.15) is 18.4 Å². The molecule has 1 unspecified atom stereocenters. The smallest absolute Gasteiger partial charge is 0.269 e. The minimum Gasteiger partial charge on any atom is -0.352 e. The number of nitrogens with one attached hydrogen (secondary N) is 1. The Morgan fingerprint density at radius 3 is 2.56 bits per heavy atom. The first-order chi connectivity index (χ1) is 12.7. The number of nitro groups is 1. The Hall–Kier alpha value is -2.75. The molecule has 146 valence electrons. The topological polar surface area (TPSA) is 127 Å². The Labute approximate surface area is 157 Å². The van der Waals surface area contributed by atoms with Crippen LogP contribution in [0.15, 0.2) is 30.3 Å². The van der Waals surface area contributed by atoms with E-state index in [1.165, 1.54) is 41.3 Å². The van der Waals surface area contributed by atoms with E-state index < -0.39 is 20.7 Å². The molecule has 27 heavy (non-hydrogen) atoms. The summed E-state index contributed by atoms with van der Waals surface area (Å²) in [7, 11) is -1.49. The molecule has 1 saturated heterocycles. The summed E-state index contributed by atoms with van der Waals surface area (Å²) in [6.07, 6.45) is 3.30. The molecule has 0 bridgehead atoms. The summed E-state index contributed by atoms with van der Waals surface area (Å²) in [5, 5.41) is 13.2. The summed E-state index contributed by atoms with van der Waals surface area (Å²) in [5.41, 5.74) is 0.600. The number of non-ortho nitro benzene ring substituents is 1. The molecule has 1 aromatic carbocycles. The van der Waals surface area contributed by atoms with E-state index in [0.29, 0.717) is 12.0 Å². The van der Waals surface area contributed by atoms with Crippen molar-refractivity contribution in [3.05, 3.63) is 46.0 Å². The zero-order valence-corrected chi connectivity index (χ0v) is 15.6. The van der Waals surface area contributed by atoms with Gasteiger partial charge < -0.3 is 10.2 Å². The van der Waals surface area contributed by atoms with Gasteiger partial charge in [-0.2, -0.15) is 0 Å². The second kappa shape index (κ2) is 8.76. The van der Waals surface area contributed by atoms with Gasteiger partial charge in [0.15, 0.2) is 9.84 Å². The number of carbonyl (C=O) groups is 2. The zero-order valence-electron chi connectivity index (χ0n) is 14.8. The first-order valence-corrected chi connectivity index (χ1v) is 10.2. The number of benzene rings is 1. The van der Waals surface area contributed by atoms with Crippen LogP contribution >= 0.6 is 0 Å². The zero-order chi connectivity index (χ0) is 20.0. The fourth-order valence-electron chi connectivity index (χ4n) is 2.69. The average Bonchev–Trinajstić information content (AvgIpc) is 2.99. The van der Waals surface area contributed by atoms with Crippen molar-refractivity contribution in [2.75, 3.05) is 25.1 Å². The Morgan fingerprint density at radius 1 is 1.33 bits per heavy atom. The van der Waals surface area contributed by atoms with Gasteiger partial charge in [-0.05, 0) is 30.2 Å². The predicted octanol–water partition coefficient (Wildman–Crippen LogP) is 0.760. The largest absolute Gasteiger partial charge is 0.352 e. The van der Waals surface area contributed by atoms with Crippen LogP contribution in [0.4, 0.5) is 5.69 Å². The van der Waals surface area contributed by atoms with Gasteiger partial charge in [0.25, 0.3) is 5.69 Å². The maximum Gasteiger partial charge on any atom is 0.269 e. The Morgan fingerprint density at radius 2 is 2.00 bits per heavy atom. The predicted molar refractivity (Wildman–Crippen MR) is 99.6 cm³/mol. The maximum atomic E-state index is 12.1. The molecule has 1 aromatic rings. The van der Waals surface area contributed by atoms with Crippen LogP contribution in [0.2, 0.25) is 0 Å². The molecule has 10 heteroatoms. The van der Waals surface area contributed by atoms with Crippen molar-refractivity contribution >= 4 is 33.4 Å². The van der Waals surface area contributed by atoms with E-state index >= 15 is 0 Å². The monoisotopic (exact) mass is 395 g/mol. The molecule has 1 aliphatic rings. The summed E-state index contributed by atoms with van der Waals surface area (Å²) < 4.78 is 23.0. The first kappa shape index (κ1) is 20.6. The van der Waals surface area contributed by atoms with Crippen molar-refractivity contribution in [1.29, 1.82) is 0 Å². The summed E-state index contributed by atoms with van der Waals surface area (Å²) in [6, 6.07) is 5.43. The third-order valence-corrected chi connectivity index (χ3v) is 6.07. The molecule has 2 amide bonds. The van der Waals surface area contributed by atoms with Crippen molar-refractivity contribution in [2.24, 2.45) is 0 Å². The highest BCUT2D eigenvalue weighted by atomic mass is 32.2. The molecule has 0 spiro atoms.